The highest BCUT2D eigenvalue weighted by atomic mass is 19.1. The molecule has 0 aromatic heterocycles. The Morgan fingerprint density at radius 3 is 2.50 bits per heavy atom. The fourth-order valence-electron chi connectivity index (χ4n) is 1.60. The van der Waals surface area contributed by atoms with Gasteiger partial charge in [-0.3, -0.25) is 0 Å². The molecule has 0 bridgehead atoms. The molecular weight excluding hydrogens is 233 g/mol. The highest BCUT2D eigenvalue weighted by Crippen LogP contribution is 2.35. The Hall–Kier alpha value is -2.23. The Balaban J connectivity index is 2.37. The number of ether oxygens (including phenoxy) is 2. The van der Waals surface area contributed by atoms with E-state index in [0.29, 0.717) is 17.2 Å². The molecule has 18 heavy (non-hydrogen) atoms. The molecule has 0 radical (unpaired) electrons. The van der Waals surface area contributed by atoms with Crippen LogP contribution in [0.2, 0.25) is 0 Å². The molecule has 0 saturated carbocycles. The standard InChI is InChI=1S/C14H14FNO2/c1-9-6-7-10(15)13(8-9)18-12-5-3-4-11(17-2)14(12)16/h3-8H,16H2,1-2H3. The molecule has 0 unspecified atom stereocenters. The van der Waals surface area contributed by atoms with Crippen molar-refractivity contribution >= 4 is 5.69 Å². The monoisotopic (exact) mass is 247 g/mol. The summed E-state index contributed by atoms with van der Waals surface area (Å²) < 4.78 is 24.1. The fourth-order valence-corrected chi connectivity index (χ4v) is 1.60. The lowest BCUT2D eigenvalue weighted by atomic mass is 10.2. The largest absolute Gasteiger partial charge is 0.494 e. The fraction of sp³-hybridized carbons (Fsp3) is 0.143. The smallest absolute Gasteiger partial charge is 0.165 e. The lowest BCUT2D eigenvalue weighted by Crippen LogP contribution is -1.97. The Kier molecular flexibility index (Phi) is 3.37. The van der Waals surface area contributed by atoms with Gasteiger partial charge in [0.25, 0.3) is 0 Å². The van der Waals surface area contributed by atoms with E-state index in [1.807, 2.05) is 6.92 Å². The minimum absolute atomic E-state index is 0.148. The molecule has 0 aliphatic carbocycles. The summed E-state index contributed by atoms with van der Waals surface area (Å²) in [6, 6.07) is 9.78. The van der Waals surface area contributed by atoms with Crippen LogP contribution in [0.3, 0.4) is 0 Å². The van der Waals surface area contributed by atoms with Crippen LogP contribution < -0.4 is 15.2 Å². The summed E-state index contributed by atoms with van der Waals surface area (Å²) in [7, 11) is 1.52. The van der Waals surface area contributed by atoms with Crippen LogP contribution in [0.5, 0.6) is 17.2 Å². The Labute approximate surface area is 105 Å². The van der Waals surface area contributed by atoms with E-state index < -0.39 is 5.82 Å². The van der Waals surface area contributed by atoms with E-state index in [4.69, 9.17) is 15.2 Å². The second kappa shape index (κ2) is 4.96. The van der Waals surface area contributed by atoms with Crippen molar-refractivity contribution in [3.05, 3.63) is 47.8 Å². The third-order valence-electron chi connectivity index (χ3n) is 2.55. The van der Waals surface area contributed by atoms with E-state index in [0.717, 1.165) is 5.56 Å². The van der Waals surface area contributed by atoms with Gasteiger partial charge in [0.1, 0.15) is 11.4 Å². The first kappa shape index (κ1) is 12.2. The third kappa shape index (κ3) is 2.37. The highest BCUT2D eigenvalue weighted by molar-refractivity contribution is 5.63. The van der Waals surface area contributed by atoms with E-state index in [2.05, 4.69) is 0 Å². The van der Waals surface area contributed by atoms with Gasteiger partial charge in [-0.1, -0.05) is 12.1 Å². The zero-order chi connectivity index (χ0) is 13.1. The number of nitrogen functional groups attached to an aromatic ring is 1. The van der Waals surface area contributed by atoms with Gasteiger partial charge in [0.15, 0.2) is 17.3 Å². The number of anilines is 1. The number of aryl methyl sites for hydroxylation is 1. The van der Waals surface area contributed by atoms with Gasteiger partial charge in [0.2, 0.25) is 0 Å². The second-order valence-corrected chi connectivity index (χ2v) is 3.91. The van der Waals surface area contributed by atoms with Crippen LogP contribution in [0.1, 0.15) is 5.56 Å². The summed E-state index contributed by atoms with van der Waals surface area (Å²) in [6.45, 7) is 1.86. The molecule has 0 aliphatic rings. The maximum absolute atomic E-state index is 13.6. The predicted octanol–water partition coefficient (Wildman–Crippen LogP) is 3.52. The number of hydrogen-bond donors (Lipinski definition) is 1. The van der Waals surface area contributed by atoms with Crippen LogP contribution in [-0.4, -0.2) is 7.11 Å². The van der Waals surface area contributed by atoms with Crippen molar-refractivity contribution in [2.45, 2.75) is 6.92 Å². The van der Waals surface area contributed by atoms with Gasteiger partial charge in [-0.2, -0.15) is 0 Å². The molecule has 2 aromatic carbocycles. The van der Waals surface area contributed by atoms with E-state index in [1.165, 1.54) is 13.2 Å². The topological polar surface area (TPSA) is 44.5 Å². The normalized spacial score (nSPS) is 10.2. The molecule has 3 nitrogen and oxygen atoms in total. The van der Waals surface area contributed by atoms with Crippen molar-refractivity contribution in [3.8, 4) is 17.2 Å². The van der Waals surface area contributed by atoms with Crippen LogP contribution in [0, 0.1) is 12.7 Å². The number of nitrogens with two attached hydrogens (primary N) is 1. The molecule has 94 valence electrons. The first-order chi connectivity index (χ1) is 8.61. The summed E-state index contributed by atoms with van der Waals surface area (Å²) in [5, 5.41) is 0. The van der Waals surface area contributed by atoms with Crippen LogP contribution >= 0.6 is 0 Å². The quantitative estimate of drug-likeness (QED) is 0.844. The van der Waals surface area contributed by atoms with Gasteiger partial charge < -0.3 is 15.2 Å². The minimum Gasteiger partial charge on any atom is -0.494 e. The second-order valence-electron chi connectivity index (χ2n) is 3.91. The zero-order valence-electron chi connectivity index (χ0n) is 10.2. The number of benzene rings is 2. The molecule has 0 aliphatic heterocycles. The molecule has 2 aromatic rings. The number of halogens is 1. The average molecular weight is 247 g/mol. The number of rotatable bonds is 3. The van der Waals surface area contributed by atoms with E-state index >= 15 is 0 Å². The van der Waals surface area contributed by atoms with Crippen LogP contribution in [0.15, 0.2) is 36.4 Å². The number of hydrogen-bond acceptors (Lipinski definition) is 3. The van der Waals surface area contributed by atoms with Crippen molar-refractivity contribution in [2.24, 2.45) is 0 Å². The zero-order valence-corrected chi connectivity index (χ0v) is 10.2. The van der Waals surface area contributed by atoms with Crippen molar-refractivity contribution < 1.29 is 13.9 Å². The summed E-state index contributed by atoms with van der Waals surface area (Å²) in [5.41, 5.74) is 7.12. The minimum atomic E-state index is -0.428. The molecule has 2 rings (SSSR count). The van der Waals surface area contributed by atoms with Gasteiger partial charge in [-0.15, -0.1) is 0 Å². The van der Waals surface area contributed by atoms with Gasteiger partial charge in [-0.25, -0.2) is 4.39 Å². The Morgan fingerprint density at radius 1 is 1.06 bits per heavy atom. The van der Waals surface area contributed by atoms with Gasteiger partial charge >= 0.3 is 0 Å². The Morgan fingerprint density at radius 2 is 1.78 bits per heavy atom. The molecule has 2 N–H and O–H groups in total. The number of methoxy groups -OCH3 is 1. The van der Waals surface area contributed by atoms with Gasteiger partial charge in [0.05, 0.1) is 7.11 Å². The van der Waals surface area contributed by atoms with Crippen molar-refractivity contribution in [3.63, 3.8) is 0 Å². The van der Waals surface area contributed by atoms with Crippen LogP contribution in [-0.2, 0) is 0 Å². The predicted molar refractivity (Wildman–Crippen MR) is 68.6 cm³/mol. The van der Waals surface area contributed by atoms with E-state index in [9.17, 15) is 4.39 Å². The molecule has 0 spiro atoms. The molecule has 4 heteroatoms. The first-order valence-electron chi connectivity index (χ1n) is 5.48. The molecule has 0 atom stereocenters. The van der Waals surface area contributed by atoms with Crippen molar-refractivity contribution in [2.75, 3.05) is 12.8 Å². The molecule has 0 fully saturated rings. The highest BCUT2D eigenvalue weighted by Gasteiger charge is 2.10. The van der Waals surface area contributed by atoms with Crippen LogP contribution in [0.4, 0.5) is 10.1 Å². The lowest BCUT2D eigenvalue weighted by Gasteiger charge is -2.12. The third-order valence-corrected chi connectivity index (χ3v) is 2.55. The molecule has 0 amide bonds. The molecular formula is C14H14FNO2. The molecule has 0 heterocycles. The first-order valence-corrected chi connectivity index (χ1v) is 5.48. The van der Waals surface area contributed by atoms with E-state index in [-0.39, 0.29) is 5.75 Å². The van der Waals surface area contributed by atoms with Gasteiger partial charge in [0, 0.05) is 0 Å². The summed E-state index contributed by atoms with van der Waals surface area (Å²) in [5.74, 6) is 0.595. The number of para-hydroxylation sites is 1. The lowest BCUT2D eigenvalue weighted by molar-refractivity contribution is 0.408. The van der Waals surface area contributed by atoms with E-state index in [1.54, 1.807) is 30.3 Å². The SMILES string of the molecule is COc1cccc(Oc2cc(C)ccc2F)c1N. The Bertz CT molecular complexity index is 570. The summed E-state index contributed by atoms with van der Waals surface area (Å²) in [6.07, 6.45) is 0. The maximum Gasteiger partial charge on any atom is 0.165 e. The maximum atomic E-state index is 13.6. The summed E-state index contributed by atoms with van der Waals surface area (Å²) in [4.78, 5) is 0. The summed E-state index contributed by atoms with van der Waals surface area (Å²) >= 11 is 0. The van der Waals surface area contributed by atoms with Gasteiger partial charge in [-0.05, 0) is 36.8 Å². The van der Waals surface area contributed by atoms with Crippen molar-refractivity contribution in [1.29, 1.82) is 0 Å². The van der Waals surface area contributed by atoms with Crippen molar-refractivity contribution in [1.82, 2.24) is 0 Å². The molecule has 0 saturated heterocycles. The average Bonchev–Trinajstić information content (AvgIpc) is 2.36. The van der Waals surface area contributed by atoms with Crippen LogP contribution in [0.25, 0.3) is 0 Å².